The Kier molecular flexibility index (Phi) is 38.2. The summed E-state index contributed by atoms with van der Waals surface area (Å²) >= 11 is 0. The summed E-state index contributed by atoms with van der Waals surface area (Å²) in [7, 11) is 0. The van der Waals surface area contributed by atoms with Crippen LogP contribution in [0.2, 0.25) is 0 Å². The second kappa shape index (κ2) is 40.6. The minimum absolute atomic E-state index is 0.104. The maximum absolute atomic E-state index is 12.6. The standard InChI is InChI=1S/C46H76O6/c1-4-7-10-13-16-19-22-25-27-30-33-36-39-45(48)51-42-43(52-46(49)40-37-34-31-28-24-21-18-15-12-9-6-3)41-50-44(47)38-35-32-29-26-23-20-17-14-11-8-5-2/h7,10,14-21,23-24,43H,4-6,8-9,11-13,22,25-42H2,1-3H3/b10-7-,17-14-,18-15-,19-16-,23-20-,24-21-. The van der Waals surface area contributed by atoms with Gasteiger partial charge in [0, 0.05) is 19.3 Å². The lowest BCUT2D eigenvalue weighted by Crippen LogP contribution is -2.30. The van der Waals surface area contributed by atoms with Gasteiger partial charge in [0.25, 0.3) is 0 Å². The molecule has 0 aliphatic carbocycles. The summed E-state index contributed by atoms with van der Waals surface area (Å²) in [6, 6.07) is 0. The minimum atomic E-state index is -0.802. The van der Waals surface area contributed by atoms with Crippen molar-refractivity contribution < 1.29 is 28.6 Å². The van der Waals surface area contributed by atoms with E-state index in [0.717, 1.165) is 116 Å². The van der Waals surface area contributed by atoms with Crippen LogP contribution in [0.15, 0.2) is 72.9 Å². The first kappa shape index (κ1) is 48.9. The molecule has 52 heavy (non-hydrogen) atoms. The summed E-state index contributed by atoms with van der Waals surface area (Å²) < 4.78 is 16.6. The summed E-state index contributed by atoms with van der Waals surface area (Å²) in [6.45, 7) is 6.32. The molecule has 1 atom stereocenters. The van der Waals surface area contributed by atoms with Crippen LogP contribution in [0.1, 0.15) is 181 Å². The van der Waals surface area contributed by atoms with Crippen LogP contribution in [0.5, 0.6) is 0 Å². The van der Waals surface area contributed by atoms with Gasteiger partial charge in [0.1, 0.15) is 13.2 Å². The van der Waals surface area contributed by atoms with E-state index < -0.39 is 6.10 Å². The fraction of sp³-hybridized carbons (Fsp3) is 0.674. The fourth-order valence-electron chi connectivity index (χ4n) is 5.25. The van der Waals surface area contributed by atoms with Crippen molar-refractivity contribution in [2.75, 3.05) is 13.2 Å². The first-order chi connectivity index (χ1) is 25.5. The number of esters is 3. The normalized spacial score (nSPS) is 12.8. The molecule has 296 valence electrons. The van der Waals surface area contributed by atoms with Crippen molar-refractivity contribution in [1.82, 2.24) is 0 Å². The molecular formula is C46H76O6. The molecule has 0 radical (unpaired) electrons. The smallest absolute Gasteiger partial charge is 0.306 e. The predicted molar refractivity (Wildman–Crippen MR) is 219 cm³/mol. The van der Waals surface area contributed by atoms with Crippen LogP contribution in [-0.4, -0.2) is 37.2 Å². The second-order valence-electron chi connectivity index (χ2n) is 13.6. The van der Waals surface area contributed by atoms with E-state index in [1.165, 1.54) is 25.7 Å². The van der Waals surface area contributed by atoms with Crippen LogP contribution >= 0.6 is 0 Å². The molecule has 0 amide bonds. The van der Waals surface area contributed by atoms with Crippen LogP contribution in [-0.2, 0) is 28.6 Å². The SMILES string of the molecule is CC/C=C\C/C=C\CCCCCCCC(=O)OCC(COC(=O)CCCCC/C=C\C=C/CCCC)OC(=O)CCCCC/C=C\C=C/CCCC. The van der Waals surface area contributed by atoms with E-state index in [1.807, 2.05) is 0 Å². The first-order valence-corrected chi connectivity index (χ1v) is 21.0. The monoisotopic (exact) mass is 725 g/mol. The van der Waals surface area contributed by atoms with Crippen molar-refractivity contribution in [2.24, 2.45) is 0 Å². The first-order valence-electron chi connectivity index (χ1n) is 21.0. The van der Waals surface area contributed by atoms with Crippen LogP contribution in [0.25, 0.3) is 0 Å². The quantitative estimate of drug-likeness (QED) is 0.0210. The number of hydrogen-bond donors (Lipinski definition) is 0. The number of rotatable bonds is 36. The van der Waals surface area contributed by atoms with Crippen LogP contribution in [0.4, 0.5) is 0 Å². The van der Waals surface area contributed by atoms with Gasteiger partial charge in [-0.15, -0.1) is 0 Å². The van der Waals surface area contributed by atoms with Gasteiger partial charge in [-0.3, -0.25) is 14.4 Å². The van der Waals surface area contributed by atoms with Crippen molar-refractivity contribution >= 4 is 17.9 Å². The van der Waals surface area contributed by atoms with Crippen molar-refractivity contribution in [3.05, 3.63) is 72.9 Å². The Morgan fingerprint density at radius 1 is 0.423 bits per heavy atom. The third-order valence-corrected chi connectivity index (χ3v) is 8.47. The van der Waals surface area contributed by atoms with Gasteiger partial charge < -0.3 is 14.2 Å². The maximum atomic E-state index is 12.6. The molecule has 0 N–H and O–H groups in total. The van der Waals surface area contributed by atoms with E-state index in [1.54, 1.807) is 0 Å². The van der Waals surface area contributed by atoms with Gasteiger partial charge in [-0.1, -0.05) is 151 Å². The van der Waals surface area contributed by atoms with E-state index in [9.17, 15) is 14.4 Å². The lowest BCUT2D eigenvalue weighted by molar-refractivity contribution is -0.167. The van der Waals surface area contributed by atoms with Gasteiger partial charge in [-0.25, -0.2) is 0 Å². The summed E-state index contributed by atoms with van der Waals surface area (Å²) in [4.78, 5) is 37.6. The molecular weight excluding hydrogens is 648 g/mol. The van der Waals surface area contributed by atoms with E-state index in [-0.39, 0.29) is 37.5 Å². The van der Waals surface area contributed by atoms with Gasteiger partial charge in [0.2, 0.25) is 0 Å². The van der Waals surface area contributed by atoms with E-state index in [4.69, 9.17) is 14.2 Å². The Morgan fingerprint density at radius 2 is 0.808 bits per heavy atom. The third kappa shape index (κ3) is 38.1. The Balaban J connectivity index is 4.50. The highest BCUT2D eigenvalue weighted by Crippen LogP contribution is 2.11. The number of carbonyl (C=O) groups is 3. The van der Waals surface area contributed by atoms with Crippen LogP contribution in [0, 0.1) is 0 Å². The average molecular weight is 725 g/mol. The van der Waals surface area contributed by atoms with Gasteiger partial charge in [0.05, 0.1) is 0 Å². The molecule has 6 heteroatoms. The molecule has 6 nitrogen and oxygen atoms in total. The lowest BCUT2D eigenvalue weighted by Gasteiger charge is -2.18. The Morgan fingerprint density at radius 3 is 1.29 bits per heavy atom. The zero-order chi connectivity index (χ0) is 38.0. The summed E-state index contributed by atoms with van der Waals surface area (Å²) in [5.74, 6) is -0.986. The van der Waals surface area contributed by atoms with Crippen molar-refractivity contribution in [3.63, 3.8) is 0 Å². The fourth-order valence-corrected chi connectivity index (χ4v) is 5.25. The molecule has 0 aliphatic heterocycles. The minimum Gasteiger partial charge on any atom is -0.462 e. The Bertz CT molecular complexity index is 1020. The van der Waals surface area contributed by atoms with Gasteiger partial charge in [-0.05, 0) is 83.5 Å². The highest BCUT2D eigenvalue weighted by Gasteiger charge is 2.19. The number of allylic oxidation sites excluding steroid dienone is 12. The van der Waals surface area contributed by atoms with Gasteiger partial charge in [-0.2, -0.15) is 0 Å². The Labute approximate surface area is 319 Å². The van der Waals surface area contributed by atoms with Crippen molar-refractivity contribution in [3.8, 4) is 0 Å². The molecule has 0 aromatic carbocycles. The van der Waals surface area contributed by atoms with E-state index in [0.29, 0.717) is 12.8 Å². The molecule has 0 spiro atoms. The lowest BCUT2D eigenvalue weighted by atomic mass is 10.1. The van der Waals surface area contributed by atoms with E-state index >= 15 is 0 Å². The molecule has 0 rings (SSSR count). The Hall–Kier alpha value is -3.15. The second-order valence-corrected chi connectivity index (χ2v) is 13.6. The molecule has 0 heterocycles. The molecule has 0 aromatic rings. The van der Waals surface area contributed by atoms with Gasteiger partial charge in [0.15, 0.2) is 6.10 Å². The third-order valence-electron chi connectivity index (χ3n) is 8.47. The maximum Gasteiger partial charge on any atom is 0.306 e. The highest BCUT2D eigenvalue weighted by atomic mass is 16.6. The molecule has 1 unspecified atom stereocenters. The van der Waals surface area contributed by atoms with E-state index in [2.05, 4.69) is 93.7 Å². The predicted octanol–water partition coefficient (Wildman–Crippen LogP) is 13.1. The van der Waals surface area contributed by atoms with Gasteiger partial charge >= 0.3 is 17.9 Å². The number of hydrogen-bond acceptors (Lipinski definition) is 6. The van der Waals surface area contributed by atoms with Crippen molar-refractivity contribution in [2.45, 2.75) is 187 Å². The molecule has 0 saturated carbocycles. The number of ether oxygens (including phenoxy) is 3. The zero-order valence-corrected chi connectivity index (χ0v) is 33.5. The van der Waals surface area contributed by atoms with Crippen LogP contribution < -0.4 is 0 Å². The molecule has 0 aromatic heterocycles. The summed E-state index contributed by atoms with van der Waals surface area (Å²) in [6.07, 6.45) is 48.9. The summed E-state index contributed by atoms with van der Waals surface area (Å²) in [5.41, 5.74) is 0. The zero-order valence-electron chi connectivity index (χ0n) is 33.5. The largest absolute Gasteiger partial charge is 0.462 e. The number of unbranched alkanes of at least 4 members (excludes halogenated alkanes) is 15. The summed E-state index contributed by atoms with van der Waals surface area (Å²) in [5, 5.41) is 0. The highest BCUT2D eigenvalue weighted by molar-refractivity contribution is 5.71. The number of carbonyl (C=O) groups excluding carboxylic acids is 3. The molecule has 0 fully saturated rings. The topological polar surface area (TPSA) is 78.9 Å². The molecule has 0 bridgehead atoms. The van der Waals surface area contributed by atoms with Crippen LogP contribution in [0.3, 0.4) is 0 Å². The average Bonchev–Trinajstić information content (AvgIpc) is 3.14. The van der Waals surface area contributed by atoms with Crippen molar-refractivity contribution in [1.29, 1.82) is 0 Å². The molecule has 0 saturated heterocycles. The molecule has 0 aliphatic rings.